The molecule has 2 amide bonds. The number of aromatic nitrogens is 1. The topological polar surface area (TPSA) is 130 Å². The zero-order valence-electron chi connectivity index (χ0n) is 20.7. The number of aromatic amines is 1. The maximum atomic E-state index is 15.6. The zero-order valence-corrected chi connectivity index (χ0v) is 20.7. The number of hydrogen-bond acceptors (Lipinski definition) is 5. The monoisotopic (exact) mass is 499 g/mol. The molecule has 0 unspecified atom stereocenters. The standard InChI is InChI=1S/C26H30FN3O6/c1-13-20(24(33)28-10-9-15-11-16(12-19(31)32)36-26(3,4)35-15)14(2)29-23(13)22(27)21-17-7-5-6-8-18(17)30-25(21)34/h5-8,15-16,29H,9-12H2,1-4H3,(H,28,33)(H,30,34)(H,31,32)/t15-,16-/m1/s1. The SMILES string of the molecule is Cc1[nH]c(C(F)=C2C(=O)Nc3ccccc32)c(C)c1C(=O)NCC[C@@H]1C[C@H](CC(=O)O)OC(C)(C)O1. The summed E-state index contributed by atoms with van der Waals surface area (Å²) in [4.78, 5) is 39.5. The Balaban J connectivity index is 1.46. The van der Waals surface area contributed by atoms with E-state index in [1.54, 1.807) is 52.0 Å². The quantitative estimate of drug-likeness (QED) is 0.427. The van der Waals surface area contributed by atoms with Crippen molar-refractivity contribution in [1.82, 2.24) is 10.3 Å². The predicted octanol–water partition coefficient (Wildman–Crippen LogP) is 3.93. The van der Waals surface area contributed by atoms with Crippen LogP contribution in [0, 0.1) is 13.8 Å². The molecule has 2 aromatic rings. The van der Waals surface area contributed by atoms with Gasteiger partial charge in [-0.25, -0.2) is 4.39 Å². The van der Waals surface area contributed by atoms with Crippen LogP contribution in [-0.4, -0.2) is 52.4 Å². The van der Waals surface area contributed by atoms with Gasteiger partial charge in [0.2, 0.25) is 0 Å². The number of para-hydroxylation sites is 1. The predicted molar refractivity (Wildman–Crippen MR) is 131 cm³/mol. The van der Waals surface area contributed by atoms with E-state index < -0.39 is 29.6 Å². The fourth-order valence-electron chi connectivity index (χ4n) is 4.92. The number of aliphatic carboxylic acids is 1. The third-order valence-electron chi connectivity index (χ3n) is 6.36. The number of amides is 2. The number of halogens is 1. The second-order valence-corrected chi connectivity index (χ2v) is 9.57. The summed E-state index contributed by atoms with van der Waals surface area (Å²) < 4.78 is 27.1. The third kappa shape index (κ3) is 5.19. The summed E-state index contributed by atoms with van der Waals surface area (Å²) in [6, 6.07) is 6.85. The van der Waals surface area contributed by atoms with Crippen LogP contribution < -0.4 is 10.6 Å². The van der Waals surface area contributed by atoms with Crippen molar-refractivity contribution in [2.45, 2.75) is 65.0 Å². The Bertz CT molecular complexity index is 1250. The zero-order chi connectivity index (χ0) is 26.2. The van der Waals surface area contributed by atoms with Crippen LogP contribution in [0.3, 0.4) is 0 Å². The number of rotatable bonds is 7. The lowest BCUT2D eigenvalue weighted by atomic mass is 10.0. The lowest BCUT2D eigenvalue weighted by Crippen LogP contribution is -2.46. The molecule has 1 fully saturated rings. The van der Waals surface area contributed by atoms with Gasteiger partial charge in [0.25, 0.3) is 11.8 Å². The first kappa shape index (κ1) is 25.6. The smallest absolute Gasteiger partial charge is 0.305 e. The van der Waals surface area contributed by atoms with Gasteiger partial charge in [-0.15, -0.1) is 0 Å². The van der Waals surface area contributed by atoms with E-state index in [9.17, 15) is 14.4 Å². The molecule has 2 atom stereocenters. The molecule has 0 bridgehead atoms. The summed E-state index contributed by atoms with van der Waals surface area (Å²) in [5, 5.41) is 14.6. The number of carboxylic acids is 1. The molecule has 1 aromatic carbocycles. The molecule has 4 N–H and O–H groups in total. The van der Waals surface area contributed by atoms with Crippen LogP contribution in [0.25, 0.3) is 11.4 Å². The van der Waals surface area contributed by atoms with Gasteiger partial charge in [0.05, 0.1) is 35.5 Å². The van der Waals surface area contributed by atoms with Gasteiger partial charge in [-0.05, 0) is 45.7 Å². The third-order valence-corrected chi connectivity index (χ3v) is 6.36. The van der Waals surface area contributed by atoms with Gasteiger partial charge in [-0.2, -0.15) is 0 Å². The van der Waals surface area contributed by atoms with Gasteiger partial charge in [0.1, 0.15) is 0 Å². The van der Waals surface area contributed by atoms with Gasteiger partial charge in [-0.3, -0.25) is 14.4 Å². The first-order valence-electron chi connectivity index (χ1n) is 11.8. The Hall–Kier alpha value is -3.50. The minimum atomic E-state index is -0.945. The van der Waals surface area contributed by atoms with E-state index in [1.165, 1.54) is 0 Å². The van der Waals surface area contributed by atoms with Crippen LogP contribution >= 0.6 is 0 Å². The molecule has 0 radical (unpaired) electrons. The summed E-state index contributed by atoms with van der Waals surface area (Å²) in [6.45, 7) is 7.04. The van der Waals surface area contributed by atoms with Crippen LogP contribution in [0.5, 0.6) is 0 Å². The number of hydrogen-bond donors (Lipinski definition) is 4. The molecule has 2 aliphatic heterocycles. The van der Waals surface area contributed by atoms with E-state index in [-0.39, 0.29) is 36.2 Å². The lowest BCUT2D eigenvalue weighted by Gasteiger charge is -2.40. The van der Waals surface area contributed by atoms with Crippen molar-refractivity contribution in [2.24, 2.45) is 0 Å². The summed E-state index contributed by atoms with van der Waals surface area (Å²) in [5.41, 5.74) is 2.21. The number of fused-ring (bicyclic) bond motifs is 1. The van der Waals surface area contributed by atoms with Gasteiger partial charge in [-0.1, -0.05) is 18.2 Å². The Morgan fingerprint density at radius 1 is 1.19 bits per heavy atom. The number of ether oxygens (including phenoxy) is 2. The van der Waals surface area contributed by atoms with Gasteiger partial charge in [0, 0.05) is 29.9 Å². The molecule has 1 saturated heterocycles. The second kappa shape index (κ2) is 9.87. The molecule has 1 aromatic heterocycles. The average Bonchev–Trinajstić information content (AvgIpc) is 3.26. The van der Waals surface area contributed by atoms with Crippen molar-refractivity contribution in [3.8, 4) is 0 Å². The molecule has 10 heteroatoms. The summed E-state index contributed by atoms with van der Waals surface area (Å²) >= 11 is 0. The number of H-pyrrole nitrogens is 1. The Kier molecular flexibility index (Phi) is 7.01. The van der Waals surface area contributed by atoms with Crippen molar-refractivity contribution in [3.05, 3.63) is 52.3 Å². The van der Waals surface area contributed by atoms with E-state index in [0.717, 1.165) is 0 Å². The summed E-state index contributed by atoms with van der Waals surface area (Å²) in [7, 11) is 0. The van der Waals surface area contributed by atoms with Gasteiger partial charge in [0.15, 0.2) is 11.6 Å². The Morgan fingerprint density at radius 3 is 2.61 bits per heavy atom. The van der Waals surface area contributed by atoms with Crippen molar-refractivity contribution >= 4 is 34.9 Å². The Labute approximate surface area is 208 Å². The van der Waals surface area contributed by atoms with Gasteiger partial charge < -0.3 is 30.2 Å². The largest absolute Gasteiger partial charge is 0.481 e. The number of carbonyl (C=O) groups excluding carboxylic acids is 2. The lowest BCUT2D eigenvalue weighted by molar-refractivity contribution is -0.300. The molecule has 4 rings (SSSR count). The fraction of sp³-hybridized carbons (Fsp3) is 0.423. The second-order valence-electron chi connectivity index (χ2n) is 9.57. The number of carbonyl (C=O) groups is 3. The van der Waals surface area contributed by atoms with E-state index >= 15 is 4.39 Å². The number of carboxylic acid groups (broad SMARTS) is 1. The molecule has 36 heavy (non-hydrogen) atoms. The van der Waals surface area contributed by atoms with Crippen LogP contribution in [-0.2, 0) is 19.1 Å². The number of anilines is 1. The molecule has 3 heterocycles. The first-order chi connectivity index (χ1) is 17.0. The van der Waals surface area contributed by atoms with E-state index in [2.05, 4.69) is 15.6 Å². The minimum Gasteiger partial charge on any atom is -0.481 e. The van der Waals surface area contributed by atoms with Gasteiger partial charge >= 0.3 is 5.97 Å². The normalized spacial score (nSPS) is 22.1. The van der Waals surface area contributed by atoms with Crippen molar-refractivity contribution < 1.29 is 33.4 Å². The number of aryl methyl sites for hydroxylation is 1. The van der Waals surface area contributed by atoms with E-state index in [4.69, 9.17) is 14.6 Å². The summed E-state index contributed by atoms with van der Waals surface area (Å²) in [5.74, 6) is -3.51. The maximum absolute atomic E-state index is 15.6. The van der Waals surface area contributed by atoms with Crippen molar-refractivity contribution in [2.75, 3.05) is 11.9 Å². The molecule has 0 saturated carbocycles. The number of nitrogens with one attached hydrogen (secondary N) is 3. The number of benzene rings is 1. The first-order valence-corrected chi connectivity index (χ1v) is 11.8. The highest BCUT2D eigenvalue weighted by Gasteiger charge is 2.36. The average molecular weight is 500 g/mol. The van der Waals surface area contributed by atoms with E-state index in [1.807, 2.05) is 0 Å². The fourth-order valence-corrected chi connectivity index (χ4v) is 4.92. The highest BCUT2D eigenvalue weighted by Crippen LogP contribution is 2.38. The van der Waals surface area contributed by atoms with E-state index in [0.29, 0.717) is 40.9 Å². The minimum absolute atomic E-state index is 0.0721. The highest BCUT2D eigenvalue weighted by molar-refractivity contribution is 6.36. The van der Waals surface area contributed by atoms with Crippen LogP contribution in [0.4, 0.5) is 10.1 Å². The molecule has 9 nitrogen and oxygen atoms in total. The van der Waals surface area contributed by atoms with Crippen molar-refractivity contribution in [1.29, 1.82) is 0 Å². The van der Waals surface area contributed by atoms with Crippen LogP contribution in [0.1, 0.15) is 66.0 Å². The summed E-state index contributed by atoms with van der Waals surface area (Å²) in [6.07, 6.45) is -0.0215. The molecule has 0 aliphatic carbocycles. The Morgan fingerprint density at radius 2 is 1.89 bits per heavy atom. The highest BCUT2D eigenvalue weighted by atomic mass is 19.1. The molecule has 192 valence electrons. The van der Waals surface area contributed by atoms with Crippen LogP contribution in [0.2, 0.25) is 0 Å². The molecular formula is C26H30FN3O6. The maximum Gasteiger partial charge on any atom is 0.305 e. The van der Waals surface area contributed by atoms with Crippen molar-refractivity contribution in [3.63, 3.8) is 0 Å². The molecular weight excluding hydrogens is 469 g/mol. The molecule has 2 aliphatic rings. The van der Waals surface area contributed by atoms with Crippen LogP contribution in [0.15, 0.2) is 24.3 Å². The molecule has 0 spiro atoms.